The average molecular weight is 218 g/mol. The van der Waals surface area contributed by atoms with Gasteiger partial charge < -0.3 is 10.6 Å². The lowest BCUT2D eigenvalue weighted by molar-refractivity contribution is 0.450. The van der Waals surface area contributed by atoms with Crippen LogP contribution in [0.25, 0.3) is 0 Å². The zero-order valence-electron chi connectivity index (χ0n) is 10.4. The van der Waals surface area contributed by atoms with E-state index in [2.05, 4.69) is 30.9 Å². The molecule has 1 atom stereocenters. The molecule has 2 rings (SSSR count). The molecule has 0 bridgehead atoms. The number of anilines is 2. The fraction of sp³-hybridized carbons (Fsp3) is 0.571. The van der Waals surface area contributed by atoms with Gasteiger partial charge >= 0.3 is 0 Å². The van der Waals surface area contributed by atoms with Gasteiger partial charge in [0.25, 0.3) is 0 Å². The number of piperidine rings is 1. The highest BCUT2D eigenvalue weighted by atomic mass is 15.2. The summed E-state index contributed by atoms with van der Waals surface area (Å²) in [6.45, 7) is 5.57. The second-order valence-corrected chi connectivity index (χ2v) is 4.79. The lowest BCUT2D eigenvalue weighted by atomic mass is 9.98. The fourth-order valence-electron chi connectivity index (χ4n) is 2.60. The first-order chi connectivity index (χ1) is 7.72. The summed E-state index contributed by atoms with van der Waals surface area (Å²) in [5.74, 6) is 0. The smallest absolute Gasteiger partial charge is 0.0372 e. The Morgan fingerprint density at radius 3 is 2.88 bits per heavy atom. The molecule has 0 spiro atoms. The van der Waals surface area contributed by atoms with Crippen molar-refractivity contribution in [2.45, 2.75) is 45.6 Å². The highest BCUT2D eigenvalue weighted by Gasteiger charge is 2.20. The van der Waals surface area contributed by atoms with Crippen molar-refractivity contribution in [3.63, 3.8) is 0 Å². The number of hydrogen-bond donors (Lipinski definition) is 1. The molecule has 1 heterocycles. The lowest BCUT2D eigenvalue weighted by Gasteiger charge is -2.37. The van der Waals surface area contributed by atoms with Gasteiger partial charge in [-0.05, 0) is 56.4 Å². The van der Waals surface area contributed by atoms with Crippen LogP contribution < -0.4 is 10.6 Å². The van der Waals surface area contributed by atoms with Gasteiger partial charge in [-0.3, -0.25) is 0 Å². The highest BCUT2D eigenvalue weighted by Crippen LogP contribution is 2.28. The number of nitrogens with zero attached hydrogens (tertiary/aromatic N) is 1. The predicted molar refractivity (Wildman–Crippen MR) is 70.9 cm³/mol. The molecule has 1 unspecified atom stereocenters. The molecule has 2 heteroatoms. The van der Waals surface area contributed by atoms with Crippen LogP contribution in [0.2, 0.25) is 0 Å². The zero-order chi connectivity index (χ0) is 11.5. The Hall–Kier alpha value is -1.18. The van der Waals surface area contributed by atoms with Gasteiger partial charge in [-0.15, -0.1) is 0 Å². The van der Waals surface area contributed by atoms with Crippen LogP contribution in [-0.4, -0.2) is 12.6 Å². The molecule has 0 aromatic heterocycles. The monoisotopic (exact) mass is 218 g/mol. The third-order valence-electron chi connectivity index (χ3n) is 3.68. The van der Waals surface area contributed by atoms with Crippen LogP contribution in [-0.2, 0) is 0 Å². The Morgan fingerprint density at radius 2 is 2.19 bits per heavy atom. The second-order valence-electron chi connectivity index (χ2n) is 4.79. The van der Waals surface area contributed by atoms with Crippen molar-refractivity contribution in [1.82, 2.24) is 0 Å². The van der Waals surface area contributed by atoms with Gasteiger partial charge in [0.15, 0.2) is 0 Å². The van der Waals surface area contributed by atoms with Gasteiger partial charge in [0.05, 0.1) is 0 Å². The standard InChI is InChI=1S/C14H22N2/c1-3-12-6-4-5-9-16(12)13-7-8-14(15)11(2)10-13/h7-8,10,12H,3-6,9,15H2,1-2H3. The first-order valence-electron chi connectivity index (χ1n) is 6.35. The Kier molecular flexibility index (Phi) is 3.37. The molecule has 0 aliphatic carbocycles. The number of hydrogen-bond acceptors (Lipinski definition) is 2. The Bertz CT molecular complexity index is 360. The minimum absolute atomic E-state index is 0.719. The van der Waals surface area contributed by atoms with E-state index < -0.39 is 0 Å². The molecule has 0 radical (unpaired) electrons. The highest BCUT2D eigenvalue weighted by molar-refractivity contribution is 5.58. The first-order valence-corrected chi connectivity index (χ1v) is 6.35. The lowest BCUT2D eigenvalue weighted by Crippen LogP contribution is -2.39. The van der Waals surface area contributed by atoms with Crippen molar-refractivity contribution in [1.29, 1.82) is 0 Å². The summed E-state index contributed by atoms with van der Waals surface area (Å²) in [5, 5.41) is 0. The number of nitrogens with two attached hydrogens (primary N) is 1. The molecule has 1 aromatic carbocycles. The second kappa shape index (κ2) is 4.77. The number of aryl methyl sites for hydroxylation is 1. The summed E-state index contributed by atoms with van der Waals surface area (Å²) >= 11 is 0. The van der Waals surface area contributed by atoms with Crippen LogP contribution >= 0.6 is 0 Å². The molecule has 1 aliphatic heterocycles. The molecule has 1 saturated heterocycles. The fourth-order valence-corrected chi connectivity index (χ4v) is 2.60. The molecular formula is C14H22N2. The van der Waals surface area contributed by atoms with Crippen molar-refractivity contribution in [3.05, 3.63) is 23.8 Å². The third kappa shape index (κ3) is 2.16. The summed E-state index contributed by atoms with van der Waals surface area (Å²) in [6, 6.07) is 7.14. The normalized spacial score (nSPS) is 21.1. The number of nitrogen functional groups attached to an aromatic ring is 1. The quantitative estimate of drug-likeness (QED) is 0.771. The summed E-state index contributed by atoms with van der Waals surface area (Å²) in [6.07, 6.45) is 5.27. The van der Waals surface area contributed by atoms with Crippen LogP contribution in [0.15, 0.2) is 18.2 Å². The maximum absolute atomic E-state index is 5.87. The largest absolute Gasteiger partial charge is 0.399 e. The first kappa shape index (κ1) is 11.3. The van der Waals surface area contributed by atoms with E-state index in [1.54, 1.807) is 0 Å². The van der Waals surface area contributed by atoms with Crippen LogP contribution in [0.4, 0.5) is 11.4 Å². The van der Waals surface area contributed by atoms with E-state index in [1.807, 2.05) is 6.07 Å². The molecule has 2 N–H and O–H groups in total. The molecule has 0 saturated carbocycles. The maximum Gasteiger partial charge on any atom is 0.0372 e. The van der Waals surface area contributed by atoms with Crippen molar-refractivity contribution < 1.29 is 0 Å². The van der Waals surface area contributed by atoms with Gasteiger partial charge in [-0.25, -0.2) is 0 Å². The zero-order valence-corrected chi connectivity index (χ0v) is 10.4. The molecule has 1 fully saturated rings. The number of benzene rings is 1. The van der Waals surface area contributed by atoms with Crippen molar-refractivity contribution in [2.24, 2.45) is 0 Å². The van der Waals surface area contributed by atoms with Crippen LogP contribution in [0, 0.1) is 6.92 Å². The van der Waals surface area contributed by atoms with E-state index in [1.165, 1.54) is 43.5 Å². The number of rotatable bonds is 2. The van der Waals surface area contributed by atoms with Gasteiger partial charge in [0.2, 0.25) is 0 Å². The van der Waals surface area contributed by atoms with Gasteiger partial charge in [-0.1, -0.05) is 6.92 Å². The maximum atomic E-state index is 5.87. The molecule has 16 heavy (non-hydrogen) atoms. The SMILES string of the molecule is CCC1CCCCN1c1ccc(N)c(C)c1. The van der Waals surface area contributed by atoms with Crippen LogP contribution in [0.5, 0.6) is 0 Å². The Labute approximate surface area is 98.4 Å². The van der Waals surface area contributed by atoms with Gasteiger partial charge in [0.1, 0.15) is 0 Å². The van der Waals surface area contributed by atoms with Crippen molar-refractivity contribution in [3.8, 4) is 0 Å². The minimum Gasteiger partial charge on any atom is -0.399 e. The summed E-state index contributed by atoms with van der Waals surface area (Å²) < 4.78 is 0. The van der Waals surface area contributed by atoms with Gasteiger partial charge in [-0.2, -0.15) is 0 Å². The van der Waals surface area contributed by atoms with Crippen LogP contribution in [0.3, 0.4) is 0 Å². The van der Waals surface area contributed by atoms with E-state index in [0.717, 1.165) is 11.7 Å². The predicted octanol–water partition coefficient (Wildman–Crippen LogP) is 3.35. The summed E-state index contributed by atoms with van der Waals surface area (Å²) in [4.78, 5) is 2.55. The summed E-state index contributed by atoms with van der Waals surface area (Å²) in [7, 11) is 0. The molecule has 1 aliphatic rings. The minimum atomic E-state index is 0.719. The Morgan fingerprint density at radius 1 is 1.38 bits per heavy atom. The Balaban J connectivity index is 2.23. The van der Waals surface area contributed by atoms with E-state index in [4.69, 9.17) is 5.73 Å². The molecule has 88 valence electrons. The third-order valence-corrected chi connectivity index (χ3v) is 3.68. The molecular weight excluding hydrogens is 196 g/mol. The molecule has 2 nitrogen and oxygen atoms in total. The van der Waals surface area contributed by atoms with Crippen LogP contribution in [0.1, 0.15) is 38.2 Å². The van der Waals surface area contributed by atoms with E-state index >= 15 is 0 Å². The van der Waals surface area contributed by atoms with Crippen molar-refractivity contribution in [2.75, 3.05) is 17.2 Å². The van der Waals surface area contributed by atoms with Crippen molar-refractivity contribution >= 4 is 11.4 Å². The van der Waals surface area contributed by atoms with E-state index in [9.17, 15) is 0 Å². The van der Waals surface area contributed by atoms with E-state index in [0.29, 0.717) is 0 Å². The summed E-state index contributed by atoms with van der Waals surface area (Å²) in [5.41, 5.74) is 9.30. The van der Waals surface area contributed by atoms with E-state index in [-0.39, 0.29) is 0 Å². The topological polar surface area (TPSA) is 29.3 Å². The molecule has 1 aromatic rings. The molecule has 0 amide bonds. The van der Waals surface area contributed by atoms with Gasteiger partial charge in [0, 0.05) is 24.0 Å². The average Bonchev–Trinajstić information content (AvgIpc) is 2.32.